The van der Waals surface area contributed by atoms with Crippen LogP contribution in [0.3, 0.4) is 0 Å². The minimum atomic E-state index is -0.922. The summed E-state index contributed by atoms with van der Waals surface area (Å²) < 4.78 is 0.918. The van der Waals surface area contributed by atoms with Crippen molar-refractivity contribution in [3.05, 3.63) is 27.7 Å². The number of nitrogens with one attached hydrogen (secondary N) is 1. The molecule has 0 saturated heterocycles. The summed E-state index contributed by atoms with van der Waals surface area (Å²) in [6.45, 7) is 4.06. The van der Waals surface area contributed by atoms with Crippen LogP contribution < -0.4 is 5.32 Å². The average molecular weight is 329 g/mol. The van der Waals surface area contributed by atoms with Crippen molar-refractivity contribution in [1.29, 1.82) is 0 Å². The van der Waals surface area contributed by atoms with Crippen molar-refractivity contribution < 1.29 is 14.7 Å². The molecule has 0 aromatic heterocycles. The average Bonchev–Trinajstić information content (AvgIpc) is 2.32. The highest BCUT2D eigenvalue weighted by Gasteiger charge is 2.12. The van der Waals surface area contributed by atoms with Gasteiger partial charge < -0.3 is 15.3 Å². The third-order valence-corrected chi connectivity index (χ3v) is 3.61. The number of halogens is 1. The molecule has 0 heterocycles. The topological polar surface area (TPSA) is 69.6 Å². The first-order valence-electron chi connectivity index (χ1n) is 5.82. The van der Waals surface area contributed by atoms with Crippen LogP contribution in [0.5, 0.6) is 0 Å². The fraction of sp³-hybridized carbons (Fsp3) is 0.385. The van der Waals surface area contributed by atoms with Crippen molar-refractivity contribution in [3.63, 3.8) is 0 Å². The van der Waals surface area contributed by atoms with E-state index >= 15 is 0 Å². The molecule has 0 saturated carbocycles. The second kappa shape index (κ2) is 6.56. The second-order valence-electron chi connectivity index (χ2n) is 4.41. The van der Waals surface area contributed by atoms with Gasteiger partial charge in [0, 0.05) is 23.8 Å². The molecule has 5 nitrogen and oxygen atoms in total. The van der Waals surface area contributed by atoms with Crippen LogP contribution in [0.2, 0.25) is 0 Å². The molecule has 0 aliphatic heterocycles. The number of aryl methyl sites for hydroxylation is 2. The van der Waals surface area contributed by atoms with Crippen molar-refractivity contribution in [3.8, 4) is 0 Å². The standard InChI is InChI=1S/C13H17BrN2O3/c1-8-6-9(2)11(7-10(8)14)15-13(19)16(3)5-4-12(17)18/h6-7H,4-5H2,1-3H3,(H,15,19)(H,17,18). The smallest absolute Gasteiger partial charge is 0.321 e. The Kier molecular flexibility index (Phi) is 5.35. The number of hydrogen-bond acceptors (Lipinski definition) is 2. The largest absolute Gasteiger partial charge is 0.481 e. The van der Waals surface area contributed by atoms with Crippen molar-refractivity contribution in [2.24, 2.45) is 0 Å². The molecule has 0 bridgehead atoms. The number of carbonyl (C=O) groups excluding carboxylic acids is 1. The molecule has 1 aromatic rings. The van der Waals surface area contributed by atoms with E-state index in [0.717, 1.165) is 15.6 Å². The van der Waals surface area contributed by atoms with Gasteiger partial charge in [0.25, 0.3) is 0 Å². The quantitative estimate of drug-likeness (QED) is 0.892. The van der Waals surface area contributed by atoms with E-state index < -0.39 is 5.97 Å². The lowest BCUT2D eigenvalue weighted by atomic mass is 10.1. The zero-order valence-corrected chi connectivity index (χ0v) is 12.7. The van der Waals surface area contributed by atoms with Gasteiger partial charge in [0.15, 0.2) is 0 Å². The maximum Gasteiger partial charge on any atom is 0.321 e. The molecule has 0 aliphatic carbocycles. The molecule has 0 aliphatic rings. The lowest BCUT2D eigenvalue weighted by molar-refractivity contribution is -0.137. The van der Waals surface area contributed by atoms with E-state index in [-0.39, 0.29) is 19.0 Å². The second-order valence-corrected chi connectivity index (χ2v) is 5.27. The van der Waals surface area contributed by atoms with E-state index in [4.69, 9.17) is 5.11 Å². The lowest BCUT2D eigenvalue weighted by Crippen LogP contribution is -2.33. The van der Waals surface area contributed by atoms with Crippen LogP contribution in [0.25, 0.3) is 0 Å². The van der Waals surface area contributed by atoms with Crippen LogP contribution >= 0.6 is 15.9 Å². The number of hydrogen-bond donors (Lipinski definition) is 2. The molecule has 0 atom stereocenters. The third-order valence-electron chi connectivity index (χ3n) is 2.76. The lowest BCUT2D eigenvalue weighted by Gasteiger charge is -2.18. The zero-order valence-electron chi connectivity index (χ0n) is 11.2. The molecule has 2 amide bonds. The molecule has 0 fully saturated rings. The number of rotatable bonds is 4. The molecule has 19 heavy (non-hydrogen) atoms. The SMILES string of the molecule is Cc1cc(C)c(NC(=O)N(C)CCC(=O)O)cc1Br. The Balaban J connectivity index is 2.71. The molecular formula is C13H17BrN2O3. The first kappa shape index (κ1) is 15.5. The van der Waals surface area contributed by atoms with E-state index in [1.807, 2.05) is 26.0 Å². The minimum absolute atomic E-state index is 0.0690. The summed E-state index contributed by atoms with van der Waals surface area (Å²) in [6, 6.07) is 3.49. The van der Waals surface area contributed by atoms with Gasteiger partial charge in [-0.05, 0) is 31.0 Å². The first-order chi connectivity index (χ1) is 8.81. The van der Waals surface area contributed by atoms with E-state index in [2.05, 4.69) is 21.2 Å². The van der Waals surface area contributed by atoms with E-state index in [0.29, 0.717) is 5.69 Å². The fourth-order valence-electron chi connectivity index (χ4n) is 1.54. The van der Waals surface area contributed by atoms with E-state index in [1.54, 1.807) is 7.05 Å². The molecule has 0 unspecified atom stereocenters. The molecule has 1 aromatic carbocycles. The van der Waals surface area contributed by atoms with Gasteiger partial charge in [-0.1, -0.05) is 22.0 Å². The van der Waals surface area contributed by atoms with Gasteiger partial charge >= 0.3 is 12.0 Å². The summed E-state index contributed by atoms with van der Waals surface area (Å²) in [7, 11) is 1.57. The van der Waals surface area contributed by atoms with Crippen LogP contribution in [-0.4, -0.2) is 35.6 Å². The molecule has 0 spiro atoms. The summed E-state index contributed by atoms with van der Waals surface area (Å²) in [5, 5.41) is 11.3. The summed E-state index contributed by atoms with van der Waals surface area (Å²) in [5.74, 6) is -0.922. The maximum absolute atomic E-state index is 11.9. The summed E-state index contributed by atoms with van der Waals surface area (Å²) >= 11 is 3.41. The zero-order chi connectivity index (χ0) is 14.6. The number of carbonyl (C=O) groups is 2. The predicted octanol–water partition coefficient (Wildman–Crippen LogP) is 3.00. The van der Waals surface area contributed by atoms with Gasteiger partial charge in [-0.3, -0.25) is 4.79 Å². The number of aliphatic carboxylic acids is 1. The maximum atomic E-state index is 11.9. The number of benzene rings is 1. The van der Waals surface area contributed by atoms with Crippen LogP contribution in [0.4, 0.5) is 10.5 Å². The molecular weight excluding hydrogens is 312 g/mol. The third kappa shape index (κ3) is 4.55. The summed E-state index contributed by atoms with van der Waals surface area (Å²) in [6.07, 6.45) is -0.0690. The molecule has 0 radical (unpaired) electrons. The van der Waals surface area contributed by atoms with Gasteiger partial charge in [-0.25, -0.2) is 4.79 Å². The summed E-state index contributed by atoms with van der Waals surface area (Å²) in [4.78, 5) is 23.7. The van der Waals surface area contributed by atoms with Gasteiger partial charge in [-0.2, -0.15) is 0 Å². The van der Waals surface area contributed by atoms with Crippen LogP contribution in [0, 0.1) is 13.8 Å². The number of nitrogens with zero attached hydrogens (tertiary/aromatic N) is 1. The van der Waals surface area contributed by atoms with Gasteiger partial charge in [0.1, 0.15) is 0 Å². The van der Waals surface area contributed by atoms with Crippen molar-refractivity contribution in [2.45, 2.75) is 20.3 Å². The Bertz CT molecular complexity index is 503. The van der Waals surface area contributed by atoms with Gasteiger partial charge in [-0.15, -0.1) is 0 Å². The van der Waals surface area contributed by atoms with Crippen LogP contribution in [0.15, 0.2) is 16.6 Å². The van der Waals surface area contributed by atoms with Crippen LogP contribution in [-0.2, 0) is 4.79 Å². The van der Waals surface area contributed by atoms with Gasteiger partial charge in [0.05, 0.1) is 6.42 Å². The Morgan fingerprint density at radius 2 is 1.95 bits per heavy atom. The summed E-state index contributed by atoms with van der Waals surface area (Å²) in [5.41, 5.74) is 2.76. The fourth-order valence-corrected chi connectivity index (χ4v) is 1.88. The monoisotopic (exact) mass is 328 g/mol. The van der Waals surface area contributed by atoms with Crippen molar-refractivity contribution >= 4 is 33.6 Å². The number of anilines is 1. The van der Waals surface area contributed by atoms with E-state index in [9.17, 15) is 9.59 Å². The first-order valence-corrected chi connectivity index (χ1v) is 6.61. The molecule has 1 rings (SSSR count). The highest BCUT2D eigenvalue weighted by atomic mass is 79.9. The van der Waals surface area contributed by atoms with Crippen LogP contribution in [0.1, 0.15) is 17.5 Å². The van der Waals surface area contributed by atoms with Crippen molar-refractivity contribution in [2.75, 3.05) is 18.9 Å². The Labute approximate surface area is 120 Å². The number of amides is 2. The Morgan fingerprint density at radius 1 is 1.32 bits per heavy atom. The molecule has 2 N–H and O–H groups in total. The number of urea groups is 1. The molecule has 104 valence electrons. The molecule has 6 heteroatoms. The van der Waals surface area contributed by atoms with Gasteiger partial charge in [0.2, 0.25) is 0 Å². The number of carboxylic acid groups (broad SMARTS) is 1. The highest BCUT2D eigenvalue weighted by Crippen LogP contribution is 2.24. The predicted molar refractivity (Wildman–Crippen MR) is 77.5 cm³/mol. The number of carboxylic acids is 1. The van der Waals surface area contributed by atoms with E-state index in [1.165, 1.54) is 4.90 Å². The highest BCUT2D eigenvalue weighted by molar-refractivity contribution is 9.10. The minimum Gasteiger partial charge on any atom is -0.481 e. The Hall–Kier alpha value is -1.56. The van der Waals surface area contributed by atoms with Crippen molar-refractivity contribution in [1.82, 2.24) is 4.90 Å². The normalized spacial score (nSPS) is 10.1. The Morgan fingerprint density at radius 3 is 2.53 bits per heavy atom.